The molecule has 0 aliphatic rings. The SMILES string of the molecule is CCC(Sc1nnc(N)s1)c1ccccn1. The Balaban J connectivity index is 2.12. The van der Waals surface area contributed by atoms with Crippen LogP contribution in [-0.2, 0) is 0 Å². The van der Waals surface area contributed by atoms with Crippen molar-refractivity contribution in [3.05, 3.63) is 30.1 Å². The van der Waals surface area contributed by atoms with Gasteiger partial charge < -0.3 is 5.73 Å². The molecule has 0 aromatic carbocycles. The molecule has 84 valence electrons. The van der Waals surface area contributed by atoms with E-state index in [0.717, 1.165) is 16.5 Å². The first-order chi connectivity index (χ1) is 7.79. The van der Waals surface area contributed by atoms with Gasteiger partial charge in [0.15, 0.2) is 4.34 Å². The van der Waals surface area contributed by atoms with E-state index in [0.29, 0.717) is 10.4 Å². The average Bonchev–Trinajstić information content (AvgIpc) is 2.73. The maximum atomic E-state index is 5.55. The van der Waals surface area contributed by atoms with Crippen molar-refractivity contribution in [3.8, 4) is 0 Å². The molecule has 0 aliphatic carbocycles. The van der Waals surface area contributed by atoms with E-state index in [-0.39, 0.29) is 0 Å². The molecule has 16 heavy (non-hydrogen) atoms. The molecule has 2 N–H and O–H groups in total. The smallest absolute Gasteiger partial charge is 0.203 e. The Labute approximate surface area is 102 Å². The predicted octanol–water partition coefficient (Wildman–Crippen LogP) is 2.76. The second-order valence-corrected chi connectivity index (χ2v) is 5.63. The summed E-state index contributed by atoms with van der Waals surface area (Å²) in [7, 11) is 0. The lowest BCUT2D eigenvalue weighted by atomic mass is 10.2. The van der Waals surface area contributed by atoms with Crippen LogP contribution in [0.1, 0.15) is 24.3 Å². The molecule has 0 amide bonds. The Morgan fingerprint density at radius 3 is 2.88 bits per heavy atom. The number of nitrogens with zero attached hydrogens (tertiary/aromatic N) is 3. The van der Waals surface area contributed by atoms with Gasteiger partial charge in [-0.3, -0.25) is 4.98 Å². The largest absolute Gasteiger partial charge is 0.374 e. The molecule has 0 bridgehead atoms. The summed E-state index contributed by atoms with van der Waals surface area (Å²) < 4.78 is 0.898. The van der Waals surface area contributed by atoms with Crippen molar-refractivity contribution in [2.75, 3.05) is 5.73 Å². The summed E-state index contributed by atoms with van der Waals surface area (Å²) in [5, 5.41) is 8.64. The highest BCUT2D eigenvalue weighted by molar-refractivity contribution is 8.01. The fourth-order valence-electron chi connectivity index (χ4n) is 1.31. The zero-order valence-electron chi connectivity index (χ0n) is 8.83. The first kappa shape index (κ1) is 11.3. The van der Waals surface area contributed by atoms with E-state index in [1.165, 1.54) is 11.3 Å². The van der Waals surface area contributed by atoms with Crippen LogP contribution in [0.25, 0.3) is 0 Å². The van der Waals surface area contributed by atoms with Crippen molar-refractivity contribution in [2.45, 2.75) is 22.9 Å². The number of aromatic nitrogens is 3. The highest BCUT2D eigenvalue weighted by Crippen LogP contribution is 2.38. The molecule has 0 radical (unpaired) electrons. The van der Waals surface area contributed by atoms with Crippen LogP contribution < -0.4 is 5.73 Å². The van der Waals surface area contributed by atoms with Crippen LogP contribution in [0.5, 0.6) is 0 Å². The van der Waals surface area contributed by atoms with E-state index in [4.69, 9.17) is 5.73 Å². The van der Waals surface area contributed by atoms with E-state index in [1.54, 1.807) is 11.8 Å². The van der Waals surface area contributed by atoms with Crippen LogP contribution in [0.3, 0.4) is 0 Å². The van der Waals surface area contributed by atoms with Crippen LogP contribution >= 0.6 is 23.1 Å². The van der Waals surface area contributed by atoms with Gasteiger partial charge in [0.2, 0.25) is 5.13 Å². The lowest BCUT2D eigenvalue weighted by molar-refractivity contribution is 0.854. The summed E-state index contributed by atoms with van der Waals surface area (Å²) in [5.41, 5.74) is 6.62. The van der Waals surface area contributed by atoms with Gasteiger partial charge in [-0.1, -0.05) is 36.1 Å². The van der Waals surface area contributed by atoms with Crippen LogP contribution in [0.4, 0.5) is 5.13 Å². The van der Waals surface area contributed by atoms with E-state index in [1.807, 2.05) is 24.4 Å². The zero-order valence-corrected chi connectivity index (χ0v) is 10.5. The van der Waals surface area contributed by atoms with E-state index >= 15 is 0 Å². The molecule has 4 nitrogen and oxygen atoms in total. The number of nitrogen functional groups attached to an aromatic ring is 1. The highest BCUT2D eigenvalue weighted by Gasteiger charge is 2.14. The molecule has 0 saturated heterocycles. The van der Waals surface area contributed by atoms with Gasteiger partial charge in [-0.15, -0.1) is 10.2 Å². The minimum absolute atomic E-state index is 0.313. The lowest BCUT2D eigenvalue weighted by Crippen LogP contribution is -1.94. The molecule has 1 unspecified atom stereocenters. The molecule has 0 fully saturated rings. The van der Waals surface area contributed by atoms with Crippen molar-refractivity contribution in [1.82, 2.24) is 15.2 Å². The normalized spacial score (nSPS) is 12.6. The molecule has 0 saturated carbocycles. The summed E-state index contributed by atoms with van der Waals surface area (Å²) >= 11 is 3.08. The number of hydrogen-bond acceptors (Lipinski definition) is 6. The molecule has 0 spiro atoms. The summed E-state index contributed by atoms with van der Waals surface area (Å²) in [4.78, 5) is 4.36. The van der Waals surface area contributed by atoms with Gasteiger partial charge in [-0.05, 0) is 18.6 Å². The molecule has 2 heterocycles. The van der Waals surface area contributed by atoms with Crippen LogP contribution in [0.15, 0.2) is 28.7 Å². The molecule has 2 aromatic rings. The minimum atomic E-state index is 0.313. The number of pyridine rings is 1. The number of hydrogen-bond donors (Lipinski definition) is 1. The second-order valence-electron chi connectivity index (χ2n) is 3.18. The van der Waals surface area contributed by atoms with E-state index < -0.39 is 0 Å². The Hall–Kier alpha value is -1.14. The van der Waals surface area contributed by atoms with Crippen molar-refractivity contribution < 1.29 is 0 Å². The lowest BCUT2D eigenvalue weighted by Gasteiger charge is -2.10. The topological polar surface area (TPSA) is 64.7 Å². The third-order valence-corrected chi connectivity index (χ3v) is 4.28. The van der Waals surface area contributed by atoms with Gasteiger partial charge in [0.25, 0.3) is 0 Å². The third kappa shape index (κ3) is 2.70. The highest BCUT2D eigenvalue weighted by atomic mass is 32.2. The number of anilines is 1. The molecule has 2 rings (SSSR count). The standard InChI is InChI=1S/C10H12N4S2/c1-2-8(7-5-3-4-6-12-7)15-10-14-13-9(11)16-10/h3-6,8H,2H2,1H3,(H2,11,13). The van der Waals surface area contributed by atoms with Gasteiger partial charge in [-0.25, -0.2) is 0 Å². The molecule has 1 atom stereocenters. The number of thioether (sulfide) groups is 1. The van der Waals surface area contributed by atoms with Crippen LogP contribution in [0.2, 0.25) is 0 Å². The van der Waals surface area contributed by atoms with Gasteiger partial charge in [-0.2, -0.15) is 0 Å². The van der Waals surface area contributed by atoms with E-state index in [9.17, 15) is 0 Å². The van der Waals surface area contributed by atoms with Gasteiger partial charge >= 0.3 is 0 Å². The van der Waals surface area contributed by atoms with Crippen molar-refractivity contribution in [1.29, 1.82) is 0 Å². The zero-order chi connectivity index (χ0) is 11.4. The summed E-state index contributed by atoms with van der Waals surface area (Å²) in [5.74, 6) is 0. The quantitative estimate of drug-likeness (QED) is 0.848. The van der Waals surface area contributed by atoms with Gasteiger partial charge in [0.05, 0.1) is 10.9 Å². The van der Waals surface area contributed by atoms with Crippen LogP contribution in [-0.4, -0.2) is 15.2 Å². The average molecular weight is 252 g/mol. The molecular formula is C10H12N4S2. The molecule has 6 heteroatoms. The van der Waals surface area contributed by atoms with Crippen LogP contribution in [0, 0.1) is 0 Å². The van der Waals surface area contributed by atoms with Crippen molar-refractivity contribution >= 4 is 28.2 Å². The fourth-order valence-corrected chi connectivity index (χ4v) is 3.21. The molecule has 0 aliphatic heterocycles. The van der Waals surface area contributed by atoms with Gasteiger partial charge in [0.1, 0.15) is 0 Å². The van der Waals surface area contributed by atoms with Crippen molar-refractivity contribution in [2.24, 2.45) is 0 Å². The Morgan fingerprint density at radius 1 is 1.44 bits per heavy atom. The maximum Gasteiger partial charge on any atom is 0.203 e. The summed E-state index contributed by atoms with van der Waals surface area (Å²) in [6.45, 7) is 2.14. The molecular weight excluding hydrogens is 240 g/mol. The van der Waals surface area contributed by atoms with E-state index in [2.05, 4.69) is 22.1 Å². The maximum absolute atomic E-state index is 5.55. The summed E-state index contributed by atoms with van der Waals surface area (Å²) in [6.07, 6.45) is 2.81. The van der Waals surface area contributed by atoms with Gasteiger partial charge in [0, 0.05) is 6.20 Å². The fraction of sp³-hybridized carbons (Fsp3) is 0.300. The predicted molar refractivity (Wildman–Crippen MR) is 67.4 cm³/mol. The summed E-state index contributed by atoms with van der Waals surface area (Å²) in [6, 6.07) is 5.95. The number of rotatable bonds is 4. The monoisotopic (exact) mass is 252 g/mol. The first-order valence-corrected chi connectivity index (χ1v) is 6.65. The Kier molecular flexibility index (Phi) is 3.74. The number of nitrogens with two attached hydrogens (primary N) is 1. The second kappa shape index (κ2) is 5.27. The Morgan fingerprint density at radius 2 is 2.31 bits per heavy atom. The Bertz CT molecular complexity index is 443. The third-order valence-electron chi connectivity index (χ3n) is 2.05. The van der Waals surface area contributed by atoms with Crippen molar-refractivity contribution in [3.63, 3.8) is 0 Å². The first-order valence-electron chi connectivity index (χ1n) is 4.96. The molecule has 2 aromatic heterocycles. The minimum Gasteiger partial charge on any atom is -0.374 e.